The molecule has 2 amide bonds. The van der Waals surface area contributed by atoms with Crippen LogP contribution in [0.25, 0.3) is 21.9 Å². The van der Waals surface area contributed by atoms with Gasteiger partial charge in [-0.3, -0.25) is 9.59 Å². The minimum absolute atomic E-state index is 0.162. The van der Waals surface area contributed by atoms with E-state index in [0.29, 0.717) is 37.2 Å². The summed E-state index contributed by atoms with van der Waals surface area (Å²) in [4.78, 5) is 47.9. The Morgan fingerprint density at radius 3 is 1.21 bits per heavy atom. The van der Waals surface area contributed by atoms with E-state index in [1.807, 2.05) is 24.3 Å². The van der Waals surface area contributed by atoms with Gasteiger partial charge in [-0.05, 0) is 87.8 Å². The molecule has 1 fully saturated rings. The molecule has 1 aliphatic carbocycles. The highest BCUT2D eigenvalue weighted by atomic mass is 16.5. The minimum Gasteiger partial charge on any atom is -0.493 e. The van der Waals surface area contributed by atoms with Crippen LogP contribution in [0.3, 0.4) is 0 Å². The molecule has 0 radical (unpaired) electrons. The first kappa shape index (κ1) is 42.5. The van der Waals surface area contributed by atoms with Gasteiger partial charge in [0.15, 0.2) is 0 Å². The molecule has 0 aliphatic heterocycles. The first-order chi connectivity index (χ1) is 27.4. The summed E-state index contributed by atoms with van der Waals surface area (Å²) in [6.45, 7) is 1.30. The summed E-state index contributed by atoms with van der Waals surface area (Å²) >= 11 is 0. The Kier molecular flexibility index (Phi) is 18.3. The fourth-order valence-electron chi connectivity index (χ4n) is 7.52. The Labute approximate surface area is 331 Å². The maximum absolute atomic E-state index is 12.5. The van der Waals surface area contributed by atoms with Crippen molar-refractivity contribution < 1.29 is 27.9 Å². The standard InChI is InChI=1S/C46H62N2O8/c49-43(17-13-9-5-1-3-7-11-15-31-53-39-27-19-35-21-29-45(51)55-41(35)33-39)47-37-23-25-38(26-24-37)48-44(50)18-14-10-6-2-4-8-12-16-32-54-40-28-20-36-22-30-46(52)56-42(36)34-40/h19-22,27-30,33-34,37-38H,1-18,23-26,31-32H2,(H,47,49)(H,48,50). The Balaban J connectivity index is 0.761. The molecule has 5 rings (SSSR count). The molecule has 1 saturated carbocycles. The van der Waals surface area contributed by atoms with Crippen LogP contribution in [-0.2, 0) is 9.59 Å². The van der Waals surface area contributed by atoms with Crippen LogP contribution in [0, 0.1) is 0 Å². The van der Waals surface area contributed by atoms with Gasteiger partial charge in [0.1, 0.15) is 22.7 Å². The zero-order valence-electron chi connectivity index (χ0n) is 33.2. The molecule has 0 saturated heterocycles. The molecular weight excluding hydrogens is 709 g/mol. The third-order valence-electron chi connectivity index (χ3n) is 10.8. The number of nitrogens with one attached hydrogen (secondary N) is 2. The summed E-state index contributed by atoms with van der Waals surface area (Å²) in [5.41, 5.74) is 0.388. The molecule has 0 unspecified atom stereocenters. The van der Waals surface area contributed by atoms with Gasteiger partial charge in [-0.1, -0.05) is 77.0 Å². The first-order valence-corrected chi connectivity index (χ1v) is 21.3. The molecule has 0 spiro atoms. The number of hydrogen-bond donors (Lipinski definition) is 2. The highest BCUT2D eigenvalue weighted by Crippen LogP contribution is 2.22. The Morgan fingerprint density at radius 2 is 0.821 bits per heavy atom. The zero-order chi connectivity index (χ0) is 39.2. The normalized spacial score (nSPS) is 15.5. The predicted octanol–water partition coefficient (Wildman–Crippen LogP) is 9.92. The lowest BCUT2D eigenvalue weighted by molar-refractivity contribution is -0.123. The van der Waals surface area contributed by atoms with Crippen LogP contribution in [0.2, 0.25) is 0 Å². The molecule has 4 aromatic rings. The molecule has 0 bridgehead atoms. The summed E-state index contributed by atoms with van der Waals surface area (Å²) < 4.78 is 22.1. The third kappa shape index (κ3) is 15.9. The summed E-state index contributed by atoms with van der Waals surface area (Å²) in [7, 11) is 0. The van der Waals surface area contributed by atoms with Crippen molar-refractivity contribution in [3.63, 3.8) is 0 Å². The molecule has 10 nitrogen and oxygen atoms in total. The number of carbonyl (C=O) groups is 2. The molecule has 56 heavy (non-hydrogen) atoms. The number of rotatable bonds is 26. The number of ether oxygens (including phenoxy) is 2. The molecular formula is C46H62N2O8. The lowest BCUT2D eigenvalue weighted by Crippen LogP contribution is -2.43. The van der Waals surface area contributed by atoms with E-state index in [0.717, 1.165) is 112 Å². The smallest absolute Gasteiger partial charge is 0.336 e. The summed E-state index contributed by atoms with van der Waals surface area (Å²) in [6, 6.07) is 18.0. The van der Waals surface area contributed by atoms with Gasteiger partial charge >= 0.3 is 11.3 Å². The highest BCUT2D eigenvalue weighted by molar-refractivity contribution is 5.79. The summed E-state index contributed by atoms with van der Waals surface area (Å²) in [5.74, 6) is 1.77. The van der Waals surface area contributed by atoms with Crippen LogP contribution in [0.1, 0.15) is 141 Å². The van der Waals surface area contributed by atoms with Gasteiger partial charge in [-0.15, -0.1) is 0 Å². The van der Waals surface area contributed by atoms with Gasteiger partial charge in [-0.2, -0.15) is 0 Å². The quantitative estimate of drug-likeness (QED) is 0.0476. The summed E-state index contributed by atoms with van der Waals surface area (Å²) in [5, 5.41) is 8.23. The Bertz CT molecular complexity index is 1760. The van der Waals surface area contributed by atoms with Crippen molar-refractivity contribution in [1.29, 1.82) is 0 Å². The minimum atomic E-state index is -0.355. The van der Waals surface area contributed by atoms with Crippen molar-refractivity contribution in [3.05, 3.63) is 81.5 Å². The fourth-order valence-corrected chi connectivity index (χ4v) is 7.52. The number of unbranched alkanes of at least 4 members (excludes halogenated alkanes) is 14. The van der Waals surface area contributed by atoms with Crippen LogP contribution in [0.4, 0.5) is 0 Å². The van der Waals surface area contributed by atoms with Gasteiger partial charge in [0.05, 0.1) is 13.2 Å². The molecule has 10 heteroatoms. The largest absolute Gasteiger partial charge is 0.493 e. The number of amides is 2. The SMILES string of the molecule is O=C(CCCCCCCCCCOc1ccc2ccc(=O)oc2c1)NC1CCC(NC(=O)CCCCCCCCCCOc2ccc3ccc(=O)oc3c2)CC1. The molecule has 2 N–H and O–H groups in total. The average Bonchev–Trinajstić information content (AvgIpc) is 3.19. The molecule has 304 valence electrons. The maximum Gasteiger partial charge on any atom is 0.336 e. The highest BCUT2D eigenvalue weighted by Gasteiger charge is 2.23. The molecule has 2 aromatic carbocycles. The maximum atomic E-state index is 12.5. The van der Waals surface area contributed by atoms with E-state index in [9.17, 15) is 19.2 Å². The molecule has 0 atom stereocenters. The topological polar surface area (TPSA) is 137 Å². The first-order valence-electron chi connectivity index (χ1n) is 21.3. The molecule has 2 heterocycles. The van der Waals surface area contributed by atoms with E-state index >= 15 is 0 Å². The number of benzene rings is 2. The van der Waals surface area contributed by atoms with Crippen molar-refractivity contribution in [2.24, 2.45) is 0 Å². The van der Waals surface area contributed by atoms with Crippen LogP contribution >= 0.6 is 0 Å². The predicted molar refractivity (Wildman–Crippen MR) is 221 cm³/mol. The van der Waals surface area contributed by atoms with E-state index in [-0.39, 0.29) is 35.1 Å². The van der Waals surface area contributed by atoms with Crippen LogP contribution in [0.15, 0.2) is 79.1 Å². The van der Waals surface area contributed by atoms with Crippen molar-refractivity contribution in [1.82, 2.24) is 10.6 Å². The lowest BCUT2D eigenvalue weighted by atomic mass is 9.91. The van der Waals surface area contributed by atoms with E-state index in [1.54, 1.807) is 24.3 Å². The Morgan fingerprint density at radius 1 is 0.482 bits per heavy atom. The van der Waals surface area contributed by atoms with Crippen LogP contribution in [-0.4, -0.2) is 37.1 Å². The number of hydrogen-bond acceptors (Lipinski definition) is 8. The number of fused-ring (bicyclic) bond motifs is 2. The van der Waals surface area contributed by atoms with E-state index < -0.39 is 0 Å². The average molecular weight is 771 g/mol. The zero-order valence-corrected chi connectivity index (χ0v) is 33.2. The molecule has 1 aliphatic rings. The van der Waals surface area contributed by atoms with Gasteiger partial charge in [0, 0.05) is 60.0 Å². The van der Waals surface area contributed by atoms with Crippen molar-refractivity contribution in [2.75, 3.05) is 13.2 Å². The second kappa shape index (κ2) is 24.1. The monoisotopic (exact) mass is 770 g/mol. The van der Waals surface area contributed by atoms with E-state index in [4.69, 9.17) is 18.3 Å². The molecule has 2 aromatic heterocycles. The van der Waals surface area contributed by atoms with Crippen molar-refractivity contribution >= 4 is 33.8 Å². The van der Waals surface area contributed by atoms with Gasteiger partial charge in [0.2, 0.25) is 11.8 Å². The Hall–Kier alpha value is -4.60. The number of carbonyl (C=O) groups excluding carboxylic acids is 2. The van der Waals surface area contributed by atoms with Crippen LogP contribution in [0.5, 0.6) is 11.5 Å². The van der Waals surface area contributed by atoms with Gasteiger partial charge < -0.3 is 28.9 Å². The second-order valence-electron chi connectivity index (χ2n) is 15.4. The van der Waals surface area contributed by atoms with Gasteiger partial charge in [-0.25, -0.2) is 9.59 Å². The van der Waals surface area contributed by atoms with Crippen molar-refractivity contribution in [3.8, 4) is 11.5 Å². The second-order valence-corrected chi connectivity index (χ2v) is 15.4. The summed E-state index contributed by atoms with van der Waals surface area (Å²) in [6.07, 6.45) is 22.6. The fraction of sp³-hybridized carbons (Fsp3) is 0.565. The van der Waals surface area contributed by atoms with Crippen LogP contribution < -0.4 is 31.4 Å². The van der Waals surface area contributed by atoms with E-state index in [2.05, 4.69) is 10.6 Å². The lowest BCUT2D eigenvalue weighted by Gasteiger charge is -2.29. The van der Waals surface area contributed by atoms with Gasteiger partial charge in [0.25, 0.3) is 0 Å². The van der Waals surface area contributed by atoms with Crippen molar-refractivity contribution in [2.45, 2.75) is 153 Å². The van der Waals surface area contributed by atoms with E-state index in [1.165, 1.54) is 50.7 Å². The third-order valence-corrected chi connectivity index (χ3v) is 10.8.